The molecule has 0 fully saturated rings. The molecule has 2 N–H and O–H groups in total. The molecule has 0 radical (unpaired) electrons. The largest absolute Gasteiger partial charge is 0.469 e. The maximum Gasteiger partial charge on any atom is 0.416 e. The van der Waals surface area contributed by atoms with Crippen LogP contribution in [0.5, 0.6) is 0 Å². The van der Waals surface area contributed by atoms with Gasteiger partial charge in [0.15, 0.2) is 0 Å². The molecule has 0 amide bonds. The molecular formula is C12H14F3NO2. The lowest BCUT2D eigenvalue weighted by atomic mass is 9.94. The lowest BCUT2D eigenvalue weighted by molar-refractivity contribution is -0.141. The average Bonchev–Trinajstić information content (AvgIpc) is 2.34. The minimum Gasteiger partial charge on any atom is -0.469 e. The van der Waals surface area contributed by atoms with E-state index in [0.717, 1.165) is 12.1 Å². The first-order valence-corrected chi connectivity index (χ1v) is 5.32. The van der Waals surface area contributed by atoms with Gasteiger partial charge in [0.25, 0.3) is 0 Å². The number of rotatable bonds is 4. The van der Waals surface area contributed by atoms with Crippen molar-refractivity contribution >= 4 is 5.97 Å². The molecule has 100 valence electrons. The number of alkyl halides is 3. The highest BCUT2D eigenvalue weighted by Crippen LogP contribution is 2.31. The molecular weight excluding hydrogens is 247 g/mol. The van der Waals surface area contributed by atoms with Gasteiger partial charge in [-0.2, -0.15) is 13.2 Å². The second-order valence-electron chi connectivity index (χ2n) is 3.84. The number of carbonyl (C=O) groups excluding carboxylic acids is 1. The lowest BCUT2D eigenvalue weighted by Crippen LogP contribution is -2.18. The first-order valence-electron chi connectivity index (χ1n) is 5.32. The fraction of sp³-hybridized carbons (Fsp3) is 0.417. The molecule has 1 aromatic carbocycles. The zero-order valence-electron chi connectivity index (χ0n) is 9.83. The SMILES string of the molecule is COC(=O)CC(CN)c1cccc(C(F)(F)F)c1. The second kappa shape index (κ2) is 5.86. The van der Waals surface area contributed by atoms with E-state index < -0.39 is 23.6 Å². The maximum absolute atomic E-state index is 12.5. The molecule has 0 aliphatic heterocycles. The molecule has 3 nitrogen and oxygen atoms in total. The highest BCUT2D eigenvalue weighted by Gasteiger charge is 2.31. The predicted molar refractivity (Wildman–Crippen MR) is 59.9 cm³/mol. The third kappa shape index (κ3) is 3.73. The van der Waals surface area contributed by atoms with Crippen LogP contribution in [0.2, 0.25) is 0 Å². The van der Waals surface area contributed by atoms with Crippen LogP contribution in [0.25, 0.3) is 0 Å². The number of benzene rings is 1. The minimum absolute atomic E-state index is 0.0334. The summed E-state index contributed by atoms with van der Waals surface area (Å²) < 4.78 is 42.1. The Balaban J connectivity index is 2.96. The summed E-state index contributed by atoms with van der Waals surface area (Å²) in [6.45, 7) is 0.0798. The van der Waals surface area contributed by atoms with E-state index in [-0.39, 0.29) is 13.0 Å². The van der Waals surface area contributed by atoms with Gasteiger partial charge >= 0.3 is 12.1 Å². The van der Waals surface area contributed by atoms with Gasteiger partial charge in [-0.15, -0.1) is 0 Å². The number of halogens is 3. The van der Waals surface area contributed by atoms with Crippen molar-refractivity contribution in [1.29, 1.82) is 0 Å². The van der Waals surface area contributed by atoms with E-state index in [1.165, 1.54) is 19.2 Å². The number of methoxy groups -OCH3 is 1. The third-order valence-electron chi connectivity index (χ3n) is 2.61. The van der Waals surface area contributed by atoms with Gasteiger partial charge in [0.2, 0.25) is 0 Å². The number of hydrogen-bond acceptors (Lipinski definition) is 3. The topological polar surface area (TPSA) is 52.3 Å². The van der Waals surface area contributed by atoms with Crippen LogP contribution in [0.15, 0.2) is 24.3 Å². The fourth-order valence-electron chi connectivity index (χ4n) is 1.59. The highest BCUT2D eigenvalue weighted by molar-refractivity contribution is 5.70. The van der Waals surface area contributed by atoms with E-state index in [1.54, 1.807) is 0 Å². The van der Waals surface area contributed by atoms with Gasteiger partial charge in [0.1, 0.15) is 0 Å². The van der Waals surface area contributed by atoms with Crippen molar-refractivity contribution in [3.63, 3.8) is 0 Å². The number of carbonyl (C=O) groups is 1. The summed E-state index contributed by atoms with van der Waals surface area (Å²) in [5.41, 5.74) is 5.12. The molecule has 0 bridgehead atoms. The number of ether oxygens (including phenoxy) is 1. The quantitative estimate of drug-likeness (QED) is 0.846. The van der Waals surface area contributed by atoms with E-state index >= 15 is 0 Å². The Hall–Kier alpha value is -1.56. The summed E-state index contributed by atoms with van der Waals surface area (Å²) >= 11 is 0. The maximum atomic E-state index is 12.5. The molecule has 0 aliphatic carbocycles. The van der Waals surface area contributed by atoms with Crippen LogP contribution in [-0.2, 0) is 15.7 Å². The molecule has 0 saturated heterocycles. The van der Waals surface area contributed by atoms with Crippen molar-refractivity contribution in [1.82, 2.24) is 0 Å². The molecule has 1 rings (SSSR count). The monoisotopic (exact) mass is 261 g/mol. The summed E-state index contributed by atoms with van der Waals surface area (Å²) in [5, 5.41) is 0. The smallest absolute Gasteiger partial charge is 0.416 e. The van der Waals surface area contributed by atoms with Gasteiger partial charge < -0.3 is 10.5 Å². The minimum atomic E-state index is -4.40. The van der Waals surface area contributed by atoms with Crippen LogP contribution in [-0.4, -0.2) is 19.6 Å². The summed E-state index contributed by atoms with van der Waals surface area (Å²) in [5.74, 6) is -0.970. The van der Waals surface area contributed by atoms with E-state index in [4.69, 9.17) is 5.73 Å². The van der Waals surface area contributed by atoms with Crippen molar-refractivity contribution in [3.05, 3.63) is 35.4 Å². The third-order valence-corrected chi connectivity index (χ3v) is 2.61. The summed E-state index contributed by atoms with van der Waals surface area (Å²) in [4.78, 5) is 11.1. The molecule has 18 heavy (non-hydrogen) atoms. The Kier molecular flexibility index (Phi) is 4.72. The molecule has 0 heterocycles. The molecule has 0 saturated carbocycles. The Bertz CT molecular complexity index is 418. The van der Waals surface area contributed by atoms with Gasteiger partial charge in [0, 0.05) is 5.92 Å². The van der Waals surface area contributed by atoms with Crippen molar-refractivity contribution in [2.24, 2.45) is 5.73 Å². The Morgan fingerprint density at radius 2 is 2.11 bits per heavy atom. The molecule has 1 unspecified atom stereocenters. The van der Waals surface area contributed by atoms with Gasteiger partial charge in [-0.05, 0) is 18.2 Å². The van der Waals surface area contributed by atoms with E-state index in [2.05, 4.69) is 4.74 Å². The Labute approximate surface area is 103 Å². The molecule has 6 heteroatoms. The predicted octanol–water partition coefficient (Wildman–Crippen LogP) is 2.31. The number of nitrogens with two attached hydrogens (primary N) is 1. The van der Waals surface area contributed by atoms with E-state index in [9.17, 15) is 18.0 Å². The van der Waals surface area contributed by atoms with Crippen molar-refractivity contribution in [2.45, 2.75) is 18.5 Å². The second-order valence-corrected chi connectivity index (χ2v) is 3.84. The highest BCUT2D eigenvalue weighted by atomic mass is 19.4. The van der Waals surface area contributed by atoms with Crippen LogP contribution in [0.3, 0.4) is 0 Å². The van der Waals surface area contributed by atoms with Gasteiger partial charge in [-0.1, -0.05) is 18.2 Å². The molecule has 0 spiro atoms. The normalized spacial score (nSPS) is 13.2. The molecule has 1 aromatic rings. The van der Waals surface area contributed by atoms with Gasteiger partial charge in [0.05, 0.1) is 19.1 Å². The fourth-order valence-corrected chi connectivity index (χ4v) is 1.59. The van der Waals surface area contributed by atoms with Crippen molar-refractivity contribution in [2.75, 3.05) is 13.7 Å². The summed E-state index contributed by atoms with van der Waals surface area (Å²) in [6, 6.07) is 4.82. The number of hydrogen-bond donors (Lipinski definition) is 1. The van der Waals surface area contributed by atoms with Crippen molar-refractivity contribution < 1.29 is 22.7 Å². The first kappa shape index (κ1) is 14.5. The molecule has 0 aromatic heterocycles. The van der Waals surface area contributed by atoms with Crippen molar-refractivity contribution in [3.8, 4) is 0 Å². The Morgan fingerprint density at radius 3 is 2.61 bits per heavy atom. The standard InChI is InChI=1S/C12H14F3NO2/c1-18-11(17)6-9(7-16)8-3-2-4-10(5-8)12(13,14)15/h2-5,9H,6-7,16H2,1H3. The van der Waals surface area contributed by atoms with Crippen LogP contribution in [0, 0.1) is 0 Å². The summed E-state index contributed by atoms with van der Waals surface area (Å²) in [6.07, 6.45) is -4.44. The van der Waals surface area contributed by atoms with E-state index in [0.29, 0.717) is 5.56 Å². The first-order chi connectivity index (χ1) is 8.38. The average molecular weight is 261 g/mol. The van der Waals surface area contributed by atoms with Gasteiger partial charge in [-0.3, -0.25) is 4.79 Å². The van der Waals surface area contributed by atoms with Crippen LogP contribution in [0.1, 0.15) is 23.5 Å². The van der Waals surface area contributed by atoms with Crippen LogP contribution < -0.4 is 5.73 Å². The lowest BCUT2D eigenvalue weighted by Gasteiger charge is -2.15. The van der Waals surface area contributed by atoms with Crippen LogP contribution in [0.4, 0.5) is 13.2 Å². The molecule has 1 atom stereocenters. The zero-order valence-corrected chi connectivity index (χ0v) is 9.83. The molecule has 0 aliphatic rings. The zero-order chi connectivity index (χ0) is 13.8. The summed E-state index contributed by atoms with van der Waals surface area (Å²) in [7, 11) is 1.22. The Morgan fingerprint density at radius 1 is 1.44 bits per heavy atom. The number of esters is 1. The van der Waals surface area contributed by atoms with Gasteiger partial charge in [-0.25, -0.2) is 0 Å². The van der Waals surface area contributed by atoms with E-state index in [1.807, 2.05) is 0 Å². The van der Waals surface area contributed by atoms with Crippen LogP contribution >= 0.6 is 0 Å².